The van der Waals surface area contributed by atoms with Crippen molar-refractivity contribution < 1.29 is 14.3 Å². The lowest BCUT2D eigenvalue weighted by Gasteiger charge is -2.08. The maximum atomic E-state index is 12.3. The van der Waals surface area contributed by atoms with E-state index in [0.717, 1.165) is 5.69 Å². The van der Waals surface area contributed by atoms with E-state index in [4.69, 9.17) is 16.3 Å². The zero-order chi connectivity index (χ0) is 19.6. The number of esters is 1. The Balaban J connectivity index is 2.02. The van der Waals surface area contributed by atoms with Crippen LogP contribution in [0.15, 0.2) is 0 Å². The lowest BCUT2D eigenvalue weighted by atomic mass is 10.2. The van der Waals surface area contributed by atoms with Crippen LogP contribution in [-0.2, 0) is 23.1 Å². The van der Waals surface area contributed by atoms with Crippen molar-refractivity contribution in [3.8, 4) is 0 Å². The molecule has 0 atom stereocenters. The number of anilines is 1. The lowest BCUT2D eigenvalue weighted by molar-refractivity contribution is -0.119. The molecule has 0 aliphatic carbocycles. The molecule has 0 aromatic carbocycles. The highest BCUT2D eigenvalue weighted by molar-refractivity contribution is 6.32. The van der Waals surface area contributed by atoms with Crippen LogP contribution in [0.3, 0.4) is 0 Å². The molecule has 2 heterocycles. The van der Waals surface area contributed by atoms with E-state index in [-0.39, 0.29) is 10.7 Å². The average Bonchev–Trinajstić information content (AvgIpc) is 2.94. The number of amides is 1. The molecule has 0 fully saturated rings. The topological polar surface area (TPSA) is 91.0 Å². The van der Waals surface area contributed by atoms with Crippen LogP contribution < -0.4 is 5.32 Å². The SMILES string of the molecule is Cc1nn(C)c(C)c1NC(=O)COC(=O)c1c(C)nn(CC(C)C)c1Cl. The van der Waals surface area contributed by atoms with Crippen LogP contribution in [0.2, 0.25) is 5.15 Å². The van der Waals surface area contributed by atoms with E-state index >= 15 is 0 Å². The number of aromatic nitrogens is 4. The first-order valence-corrected chi connectivity index (χ1v) is 8.69. The van der Waals surface area contributed by atoms with Gasteiger partial charge in [-0.3, -0.25) is 14.2 Å². The highest BCUT2D eigenvalue weighted by atomic mass is 35.5. The summed E-state index contributed by atoms with van der Waals surface area (Å²) in [6.45, 7) is 9.54. The van der Waals surface area contributed by atoms with Gasteiger partial charge < -0.3 is 10.1 Å². The van der Waals surface area contributed by atoms with Crippen molar-refractivity contribution in [2.45, 2.75) is 41.2 Å². The largest absolute Gasteiger partial charge is 0.452 e. The summed E-state index contributed by atoms with van der Waals surface area (Å²) < 4.78 is 8.35. The third-order valence-electron chi connectivity index (χ3n) is 3.92. The smallest absolute Gasteiger partial charge is 0.343 e. The quantitative estimate of drug-likeness (QED) is 0.776. The average molecular weight is 382 g/mol. The molecule has 0 spiro atoms. The minimum absolute atomic E-state index is 0.189. The zero-order valence-corrected chi connectivity index (χ0v) is 16.6. The molecular weight excluding hydrogens is 358 g/mol. The van der Waals surface area contributed by atoms with E-state index in [1.165, 1.54) is 0 Å². The maximum absolute atomic E-state index is 12.3. The second-order valence-corrected chi connectivity index (χ2v) is 6.98. The molecule has 0 unspecified atom stereocenters. The lowest BCUT2D eigenvalue weighted by Crippen LogP contribution is -2.22. The van der Waals surface area contributed by atoms with Gasteiger partial charge in [0.05, 0.1) is 22.8 Å². The third kappa shape index (κ3) is 4.24. The summed E-state index contributed by atoms with van der Waals surface area (Å²) >= 11 is 6.25. The fraction of sp³-hybridized carbons (Fsp3) is 0.529. The van der Waals surface area contributed by atoms with Gasteiger partial charge in [0, 0.05) is 13.6 Å². The van der Waals surface area contributed by atoms with Crippen LogP contribution in [0.1, 0.15) is 41.3 Å². The Morgan fingerprint density at radius 3 is 2.38 bits per heavy atom. The molecule has 2 aromatic rings. The van der Waals surface area contributed by atoms with Crippen molar-refractivity contribution in [2.75, 3.05) is 11.9 Å². The number of nitrogens with zero attached hydrogens (tertiary/aromatic N) is 4. The summed E-state index contributed by atoms with van der Waals surface area (Å²) in [6, 6.07) is 0. The van der Waals surface area contributed by atoms with E-state index in [1.54, 1.807) is 30.3 Å². The highest BCUT2D eigenvalue weighted by Gasteiger charge is 2.23. The van der Waals surface area contributed by atoms with Crippen molar-refractivity contribution in [3.05, 3.63) is 27.8 Å². The number of ether oxygens (including phenoxy) is 1. The highest BCUT2D eigenvalue weighted by Crippen LogP contribution is 2.22. The Morgan fingerprint density at radius 1 is 1.19 bits per heavy atom. The summed E-state index contributed by atoms with van der Waals surface area (Å²) in [5, 5.41) is 11.4. The number of nitrogens with one attached hydrogen (secondary N) is 1. The molecular formula is C17H24ClN5O3. The first kappa shape index (κ1) is 20.0. The molecule has 142 valence electrons. The maximum Gasteiger partial charge on any atom is 0.343 e. The molecule has 1 amide bonds. The van der Waals surface area contributed by atoms with E-state index in [9.17, 15) is 9.59 Å². The number of aryl methyl sites for hydroxylation is 3. The van der Waals surface area contributed by atoms with E-state index in [2.05, 4.69) is 15.5 Å². The van der Waals surface area contributed by atoms with Gasteiger partial charge in [-0.2, -0.15) is 10.2 Å². The van der Waals surface area contributed by atoms with Gasteiger partial charge in [0.2, 0.25) is 0 Å². The second-order valence-electron chi connectivity index (χ2n) is 6.62. The molecule has 2 rings (SSSR count). The Morgan fingerprint density at radius 2 is 1.85 bits per heavy atom. The molecule has 8 nitrogen and oxygen atoms in total. The van der Waals surface area contributed by atoms with Crippen molar-refractivity contribution >= 4 is 29.2 Å². The molecule has 0 aliphatic rings. The molecule has 0 saturated carbocycles. The first-order chi connectivity index (χ1) is 12.1. The van der Waals surface area contributed by atoms with Crippen LogP contribution in [0.5, 0.6) is 0 Å². The van der Waals surface area contributed by atoms with Crippen LogP contribution in [-0.4, -0.2) is 38.0 Å². The fourth-order valence-corrected chi connectivity index (χ4v) is 2.91. The van der Waals surface area contributed by atoms with Gasteiger partial charge in [-0.1, -0.05) is 25.4 Å². The summed E-state index contributed by atoms with van der Waals surface area (Å²) in [5.74, 6) is -0.786. The Labute approximate surface area is 157 Å². The van der Waals surface area contributed by atoms with Crippen molar-refractivity contribution in [2.24, 2.45) is 13.0 Å². The molecule has 0 aliphatic heterocycles. The predicted octanol–water partition coefficient (Wildman–Crippen LogP) is 2.65. The zero-order valence-electron chi connectivity index (χ0n) is 15.9. The number of hydrogen-bond donors (Lipinski definition) is 1. The molecule has 1 N–H and O–H groups in total. The summed E-state index contributed by atoms with van der Waals surface area (Å²) in [7, 11) is 1.79. The third-order valence-corrected chi connectivity index (χ3v) is 4.30. The van der Waals surface area contributed by atoms with Gasteiger partial charge in [0.1, 0.15) is 10.7 Å². The summed E-state index contributed by atoms with van der Waals surface area (Å²) in [4.78, 5) is 24.4. The molecule has 9 heteroatoms. The fourth-order valence-electron chi connectivity index (χ4n) is 2.59. The first-order valence-electron chi connectivity index (χ1n) is 8.31. The van der Waals surface area contributed by atoms with Gasteiger partial charge in [0.15, 0.2) is 6.61 Å². The molecule has 26 heavy (non-hydrogen) atoms. The van der Waals surface area contributed by atoms with Gasteiger partial charge >= 0.3 is 5.97 Å². The second kappa shape index (κ2) is 7.90. The van der Waals surface area contributed by atoms with E-state index < -0.39 is 18.5 Å². The number of carbonyl (C=O) groups is 2. The van der Waals surface area contributed by atoms with Crippen molar-refractivity contribution in [1.82, 2.24) is 19.6 Å². The molecule has 0 radical (unpaired) electrons. The van der Waals surface area contributed by atoms with Crippen LogP contribution in [0.25, 0.3) is 0 Å². The van der Waals surface area contributed by atoms with Crippen molar-refractivity contribution in [1.29, 1.82) is 0 Å². The van der Waals surface area contributed by atoms with E-state index in [0.29, 0.717) is 29.5 Å². The summed E-state index contributed by atoms with van der Waals surface area (Å²) in [5.41, 5.74) is 2.79. The predicted molar refractivity (Wildman–Crippen MR) is 98.4 cm³/mol. The van der Waals surface area contributed by atoms with Gasteiger partial charge in [-0.25, -0.2) is 4.79 Å². The normalized spacial score (nSPS) is 11.1. The molecule has 2 aromatic heterocycles. The minimum Gasteiger partial charge on any atom is -0.452 e. The number of halogens is 1. The van der Waals surface area contributed by atoms with Gasteiger partial charge in [0.25, 0.3) is 5.91 Å². The monoisotopic (exact) mass is 381 g/mol. The Bertz CT molecular complexity index is 838. The van der Waals surface area contributed by atoms with Gasteiger partial charge in [-0.15, -0.1) is 0 Å². The van der Waals surface area contributed by atoms with Crippen molar-refractivity contribution in [3.63, 3.8) is 0 Å². The van der Waals surface area contributed by atoms with E-state index in [1.807, 2.05) is 20.8 Å². The Kier molecular flexibility index (Phi) is 6.07. The number of rotatable bonds is 6. The molecule has 0 saturated heterocycles. The summed E-state index contributed by atoms with van der Waals surface area (Å²) in [6.07, 6.45) is 0. The van der Waals surface area contributed by atoms with Gasteiger partial charge in [-0.05, 0) is 26.7 Å². The molecule has 0 bridgehead atoms. The van der Waals surface area contributed by atoms with Crippen LogP contribution >= 0.6 is 11.6 Å². The van der Waals surface area contributed by atoms with Crippen LogP contribution in [0.4, 0.5) is 5.69 Å². The minimum atomic E-state index is -0.669. The Hall–Kier alpha value is -2.35. The standard InChI is InChI=1S/C17H24ClN5O3/c1-9(2)7-23-16(18)14(10(3)21-23)17(25)26-8-13(24)19-15-11(4)20-22(6)12(15)5/h9H,7-8H2,1-6H3,(H,19,24). The van der Waals surface area contributed by atoms with Crippen LogP contribution in [0, 0.1) is 26.7 Å². The number of carbonyl (C=O) groups excluding carboxylic acids is 2. The number of hydrogen-bond acceptors (Lipinski definition) is 5.